The maximum Gasteiger partial charge on any atom is 0.229 e. The lowest BCUT2D eigenvalue weighted by Gasteiger charge is -2.17. The Labute approximate surface area is 193 Å². The number of pyridine rings is 1. The van der Waals surface area contributed by atoms with Crippen LogP contribution in [0.5, 0.6) is 5.75 Å². The minimum atomic E-state index is -3.43. The van der Waals surface area contributed by atoms with E-state index in [0.29, 0.717) is 21.6 Å². The molecular weight excluding hydrogens is 468 g/mol. The molecule has 0 aliphatic rings. The molecule has 2 N–H and O–H groups in total. The van der Waals surface area contributed by atoms with Gasteiger partial charge in [0.25, 0.3) is 0 Å². The van der Waals surface area contributed by atoms with Gasteiger partial charge >= 0.3 is 0 Å². The summed E-state index contributed by atoms with van der Waals surface area (Å²) in [6.45, 7) is 0. The van der Waals surface area contributed by atoms with E-state index in [4.69, 9.17) is 21.3 Å². The normalized spacial score (nSPS) is 11.8. The number of hydrogen-bond donors (Lipinski definition) is 2. The maximum absolute atomic E-state index is 11.7. The molecule has 0 amide bonds. The van der Waals surface area contributed by atoms with Crippen LogP contribution in [0, 0.1) is 0 Å². The summed E-state index contributed by atoms with van der Waals surface area (Å²) in [6.07, 6.45) is 1.11. The van der Waals surface area contributed by atoms with Crippen molar-refractivity contribution in [2.24, 2.45) is 0 Å². The van der Waals surface area contributed by atoms with E-state index in [1.165, 1.54) is 11.3 Å². The third-order valence-corrected chi connectivity index (χ3v) is 6.74. The smallest absolute Gasteiger partial charge is 0.229 e. The minimum Gasteiger partial charge on any atom is -0.495 e. The topological polar surface area (TPSA) is 93.2 Å². The second-order valence-electron chi connectivity index (χ2n) is 7.19. The number of nitrogens with one attached hydrogen (secondary N) is 2. The van der Waals surface area contributed by atoms with E-state index in [1.807, 2.05) is 36.4 Å². The highest BCUT2D eigenvalue weighted by Gasteiger charge is 2.17. The van der Waals surface area contributed by atoms with Gasteiger partial charge in [0.2, 0.25) is 10.0 Å². The summed E-state index contributed by atoms with van der Waals surface area (Å²) in [5, 5.41) is 5.26. The van der Waals surface area contributed by atoms with E-state index in [2.05, 4.69) is 15.0 Å². The molecule has 2 aromatic heterocycles. The van der Waals surface area contributed by atoms with E-state index < -0.39 is 10.0 Å². The molecule has 0 radical (unpaired) electrons. The number of methoxy groups -OCH3 is 1. The number of benzene rings is 3. The van der Waals surface area contributed by atoms with Crippen molar-refractivity contribution in [2.75, 3.05) is 23.4 Å². The average Bonchev–Trinajstić information content (AvgIpc) is 3.13. The van der Waals surface area contributed by atoms with Gasteiger partial charge in [-0.3, -0.25) is 4.72 Å². The van der Waals surface area contributed by atoms with Crippen molar-refractivity contribution in [2.45, 2.75) is 0 Å². The first-order valence-electron chi connectivity index (χ1n) is 9.53. The van der Waals surface area contributed by atoms with Gasteiger partial charge in [0, 0.05) is 10.8 Å². The van der Waals surface area contributed by atoms with Gasteiger partial charge in [-0.1, -0.05) is 29.8 Å². The fourth-order valence-corrected chi connectivity index (χ4v) is 5.40. The number of aromatic nitrogens is 2. The number of rotatable bonds is 5. The maximum atomic E-state index is 11.7. The molecule has 0 saturated carbocycles. The molecule has 0 saturated heterocycles. The van der Waals surface area contributed by atoms with Crippen LogP contribution in [0.1, 0.15) is 0 Å². The lowest BCUT2D eigenvalue weighted by atomic mass is 10.1. The average molecular weight is 485 g/mol. The second-order valence-corrected chi connectivity index (χ2v) is 10.5. The number of sulfonamides is 1. The van der Waals surface area contributed by atoms with E-state index >= 15 is 0 Å². The number of hydrogen-bond acceptors (Lipinski definition) is 7. The van der Waals surface area contributed by atoms with Gasteiger partial charge in [0.05, 0.1) is 51.7 Å². The number of para-hydroxylation sites is 1. The van der Waals surface area contributed by atoms with Gasteiger partial charge in [-0.15, -0.1) is 11.3 Å². The minimum absolute atomic E-state index is 0.421. The first-order valence-corrected chi connectivity index (χ1v) is 12.6. The Morgan fingerprint density at radius 3 is 2.56 bits per heavy atom. The number of anilines is 3. The van der Waals surface area contributed by atoms with Crippen molar-refractivity contribution < 1.29 is 13.2 Å². The molecule has 2 heterocycles. The van der Waals surface area contributed by atoms with Gasteiger partial charge < -0.3 is 10.1 Å². The Balaban J connectivity index is 1.79. The summed E-state index contributed by atoms with van der Waals surface area (Å²) in [7, 11) is -1.87. The third-order valence-electron chi connectivity index (χ3n) is 4.94. The van der Waals surface area contributed by atoms with Crippen LogP contribution in [-0.2, 0) is 10.0 Å². The summed E-state index contributed by atoms with van der Waals surface area (Å²) in [6, 6.07) is 16.7. The summed E-state index contributed by atoms with van der Waals surface area (Å²) in [5.74, 6) is 0.563. The van der Waals surface area contributed by atoms with Crippen LogP contribution in [0.4, 0.5) is 17.1 Å². The number of ether oxygens (including phenoxy) is 1. The van der Waals surface area contributed by atoms with Gasteiger partial charge in [-0.05, 0) is 36.4 Å². The number of halogens is 1. The van der Waals surface area contributed by atoms with Crippen molar-refractivity contribution in [3.63, 3.8) is 0 Å². The molecule has 0 atom stereocenters. The Morgan fingerprint density at radius 1 is 1.00 bits per heavy atom. The zero-order valence-corrected chi connectivity index (χ0v) is 19.4. The van der Waals surface area contributed by atoms with Crippen LogP contribution in [0.15, 0.2) is 54.6 Å². The monoisotopic (exact) mass is 484 g/mol. The first kappa shape index (κ1) is 20.7. The molecule has 0 bridgehead atoms. The van der Waals surface area contributed by atoms with E-state index in [0.717, 1.165) is 44.0 Å². The van der Waals surface area contributed by atoms with Crippen LogP contribution >= 0.6 is 22.9 Å². The molecule has 0 aliphatic heterocycles. The molecule has 5 aromatic rings. The molecule has 0 aliphatic carbocycles. The zero-order valence-electron chi connectivity index (χ0n) is 17.0. The summed E-state index contributed by atoms with van der Waals surface area (Å²) in [4.78, 5) is 9.23. The van der Waals surface area contributed by atoms with Crippen molar-refractivity contribution in [3.05, 3.63) is 59.1 Å². The Morgan fingerprint density at radius 2 is 1.78 bits per heavy atom. The molecule has 7 nitrogen and oxygen atoms in total. The van der Waals surface area contributed by atoms with Crippen LogP contribution in [-0.4, -0.2) is 31.8 Å². The molecule has 162 valence electrons. The summed E-state index contributed by atoms with van der Waals surface area (Å²) >= 11 is 7.61. The van der Waals surface area contributed by atoms with Gasteiger partial charge in [-0.2, -0.15) is 0 Å². The standard InChI is InChI=1S/C22H17ClN4O3S2/c1-30-18-10-7-12(27-32(2,28)29)11-17(18)25-20-13-5-3-4-6-14(13)24-15-8-9-16-21(19(15)20)31-22(23)26-16/h3-11,27H,1-2H3,(H,24,25). The fraction of sp³-hybridized carbons (Fsp3) is 0.0909. The van der Waals surface area contributed by atoms with Crippen molar-refractivity contribution >= 4 is 82.0 Å². The summed E-state index contributed by atoms with van der Waals surface area (Å²) in [5.41, 5.74) is 4.24. The van der Waals surface area contributed by atoms with E-state index in [9.17, 15) is 8.42 Å². The first-order chi connectivity index (χ1) is 15.3. The molecule has 0 fully saturated rings. The molecule has 5 rings (SSSR count). The zero-order chi connectivity index (χ0) is 22.5. The highest BCUT2D eigenvalue weighted by molar-refractivity contribution is 7.92. The fourth-order valence-electron chi connectivity index (χ4n) is 3.68. The predicted molar refractivity (Wildman–Crippen MR) is 132 cm³/mol. The molecule has 10 heteroatoms. The second kappa shape index (κ2) is 7.77. The number of fused-ring (bicyclic) bond motifs is 4. The Kier molecular flexibility index (Phi) is 5.04. The van der Waals surface area contributed by atoms with Crippen molar-refractivity contribution in [3.8, 4) is 5.75 Å². The van der Waals surface area contributed by atoms with Gasteiger partial charge in [0.1, 0.15) is 5.75 Å². The van der Waals surface area contributed by atoms with Gasteiger partial charge in [-0.25, -0.2) is 18.4 Å². The number of nitrogens with zero attached hydrogens (tertiary/aromatic N) is 2. The van der Waals surface area contributed by atoms with Crippen molar-refractivity contribution in [1.82, 2.24) is 9.97 Å². The van der Waals surface area contributed by atoms with Crippen molar-refractivity contribution in [1.29, 1.82) is 0 Å². The van der Waals surface area contributed by atoms with Gasteiger partial charge in [0.15, 0.2) is 4.47 Å². The van der Waals surface area contributed by atoms with Crippen LogP contribution in [0.3, 0.4) is 0 Å². The predicted octanol–water partition coefficient (Wildman–Crippen LogP) is 5.77. The van der Waals surface area contributed by atoms with Crippen LogP contribution in [0.2, 0.25) is 4.47 Å². The third kappa shape index (κ3) is 3.79. The Bertz CT molecular complexity index is 1620. The number of thiazole rings is 1. The lowest BCUT2D eigenvalue weighted by Crippen LogP contribution is -2.09. The van der Waals surface area contributed by atoms with E-state index in [1.54, 1.807) is 25.3 Å². The SMILES string of the molecule is COc1ccc(NS(C)(=O)=O)cc1Nc1c2ccccc2nc2ccc3nc(Cl)sc3c12. The molecule has 3 aromatic carbocycles. The largest absolute Gasteiger partial charge is 0.495 e. The molecule has 0 spiro atoms. The van der Waals surface area contributed by atoms with E-state index in [-0.39, 0.29) is 0 Å². The summed E-state index contributed by atoms with van der Waals surface area (Å²) < 4.78 is 32.9. The Hall–Kier alpha value is -3.14. The highest BCUT2D eigenvalue weighted by Crippen LogP contribution is 2.42. The molecule has 32 heavy (non-hydrogen) atoms. The molecule has 0 unspecified atom stereocenters. The quantitative estimate of drug-likeness (QED) is 0.307. The molecular formula is C22H17ClN4O3S2. The highest BCUT2D eigenvalue weighted by atomic mass is 35.5. The van der Waals surface area contributed by atoms with Crippen LogP contribution < -0.4 is 14.8 Å². The van der Waals surface area contributed by atoms with Crippen LogP contribution in [0.25, 0.3) is 32.0 Å². The lowest BCUT2D eigenvalue weighted by molar-refractivity contribution is 0.417.